The second-order valence-electron chi connectivity index (χ2n) is 4.48. The van der Waals surface area contributed by atoms with Crippen molar-refractivity contribution in [3.05, 3.63) is 15.8 Å². The fourth-order valence-corrected chi connectivity index (χ4v) is 4.80. The van der Waals surface area contributed by atoms with Crippen molar-refractivity contribution in [3.8, 4) is 0 Å². The van der Waals surface area contributed by atoms with E-state index in [4.69, 9.17) is 5.11 Å². The minimum absolute atomic E-state index is 0.0446. The lowest BCUT2D eigenvalue weighted by Gasteiger charge is -2.23. The van der Waals surface area contributed by atoms with Gasteiger partial charge >= 0.3 is 5.97 Å². The van der Waals surface area contributed by atoms with Crippen LogP contribution in [0.1, 0.15) is 27.4 Å². The summed E-state index contributed by atoms with van der Waals surface area (Å²) in [5, 5.41) is 12.1. The molecule has 0 amide bonds. The average molecular weight is 304 g/mol. The molecule has 6 nitrogen and oxygen atoms in total. The average Bonchev–Trinajstić information content (AvgIpc) is 2.73. The lowest BCUT2D eigenvalue weighted by Crippen LogP contribution is -2.42. The molecule has 1 aromatic heterocycles. The highest BCUT2D eigenvalue weighted by Crippen LogP contribution is 2.26. The molecule has 8 heteroatoms. The van der Waals surface area contributed by atoms with Crippen LogP contribution in [0.5, 0.6) is 0 Å². The predicted octanol–water partition coefficient (Wildman–Crippen LogP) is 0.785. The summed E-state index contributed by atoms with van der Waals surface area (Å²) in [5.41, 5.74) is 0. The molecule has 1 aromatic rings. The van der Waals surface area contributed by atoms with E-state index in [9.17, 15) is 13.2 Å². The Morgan fingerprint density at radius 1 is 1.47 bits per heavy atom. The number of carbonyl (C=O) groups is 1. The number of nitrogens with one attached hydrogen (secondary N) is 2. The summed E-state index contributed by atoms with van der Waals surface area (Å²) in [4.78, 5) is 11.5. The molecule has 19 heavy (non-hydrogen) atoms. The zero-order chi connectivity index (χ0) is 14.0. The van der Waals surface area contributed by atoms with E-state index >= 15 is 0 Å². The smallest absolute Gasteiger partial charge is 0.345 e. The van der Waals surface area contributed by atoms with Crippen molar-refractivity contribution in [2.75, 3.05) is 13.1 Å². The third kappa shape index (κ3) is 3.33. The molecule has 0 unspecified atom stereocenters. The number of carboxylic acids is 1. The van der Waals surface area contributed by atoms with Gasteiger partial charge in [0.05, 0.1) is 4.90 Å². The Kier molecular flexibility index (Phi) is 4.24. The van der Waals surface area contributed by atoms with E-state index in [0.717, 1.165) is 37.3 Å². The fraction of sp³-hybridized carbons (Fsp3) is 0.545. The normalized spacial score (nSPS) is 17.5. The van der Waals surface area contributed by atoms with Crippen LogP contribution in [0.4, 0.5) is 0 Å². The number of aryl methyl sites for hydroxylation is 1. The third-order valence-electron chi connectivity index (χ3n) is 3.03. The third-order valence-corrected chi connectivity index (χ3v) is 5.85. The fourth-order valence-electron chi connectivity index (χ4n) is 2.06. The van der Waals surface area contributed by atoms with Crippen molar-refractivity contribution in [1.82, 2.24) is 10.0 Å². The monoisotopic (exact) mass is 304 g/mol. The van der Waals surface area contributed by atoms with Crippen LogP contribution >= 0.6 is 11.3 Å². The summed E-state index contributed by atoms with van der Waals surface area (Å²) in [5.74, 6) is -1.10. The molecule has 2 rings (SSSR count). The Morgan fingerprint density at radius 2 is 2.11 bits per heavy atom. The number of piperidine rings is 1. The van der Waals surface area contributed by atoms with Gasteiger partial charge in [0.25, 0.3) is 0 Å². The van der Waals surface area contributed by atoms with E-state index in [0.29, 0.717) is 4.88 Å². The SMILES string of the molecule is Cc1sc(C(=O)O)cc1S(=O)(=O)NC1CCNCC1. The van der Waals surface area contributed by atoms with Crippen LogP contribution in [0.2, 0.25) is 0 Å². The molecule has 0 aliphatic carbocycles. The first-order valence-corrected chi connectivity index (χ1v) is 8.27. The minimum atomic E-state index is -3.63. The van der Waals surface area contributed by atoms with Gasteiger partial charge in [0.15, 0.2) is 0 Å². The second-order valence-corrected chi connectivity index (χ2v) is 7.42. The van der Waals surface area contributed by atoms with Crippen LogP contribution in [0.3, 0.4) is 0 Å². The van der Waals surface area contributed by atoms with Crippen LogP contribution in [-0.4, -0.2) is 38.6 Å². The summed E-state index contributed by atoms with van der Waals surface area (Å²) in [6.07, 6.45) is 1.49. The molecule has 0 atom stereocenters. The first-order valence-electron chi connectivity index (χ1n) is 5.97. The molecule has 1 aliphatic rings. The van der Waals surface area contributed by atoms with Crippen molar-refractivity contribution >= 4 is 27.3 Å². The zero-order valence-corrected chi connectivity index (χ0v) is 12.1. The maximum atomic E-state index is 12.2. The lowest BCUT2D eigenvalue weighted by atomic mass is 10.1. The van der Waals surface area contributed by atoms with E-state index in [1.807, 2.05) is 0 Å². The molecule has 1 fully saturated rings. The van der Waals surface area contributed by atoms with Crippen molar-refractivity contribution in [2.45, 2.75) is 30.7 Å². The Balaban J connectivity index is 2.21. The Morgan fingerprint density at radius 3 is 2.63 bits per heavy atom. The molecule has 106 valence electrons. The van der Waals surface area contributed by atoms with Crippen molar-refractivity contribution in [3.63, 3.8) is 0 Å². The van der Waals surface area contributed by atoms with Crippen LogP contribution < -0.4 is 10.0 Å². The highest BCUT2D eigenvalue weighted by atomic mass is 32.2. The van der Waals surface area contributed by atoms with E-state index in [2.05, 4.69) is 10.0 Å². The molecule has 0 saturated carbocycles. The van der Waals surface area contributed by atoms with E-state index in [-0.39, 0.29) is 15.8 Å². The first kappa shape index (κ1) is 14.4. The minimum Gasteiger partial charge on any atom is -0.477 e. The maximum Gasteiger partial charge on any atom is 0.345 e. The molecule has 0 radical (unpaired) electrons. The number of thiophene rings is 1. The summed E-state index contributed by atoms with van der Waals surface area (Å²) in [6.45, 7) is 3.19. The molecule has 0 spiro atoms. The summed E-state index contributed by atoms with van der Waals surface area (Å²) >= 11 is 0.980. The highest BCUT2D eigenvalue weighted by Gasteiger charge is 2.25. The number of aromatic carboxylic acids is 1. The lowest BCUT2D eigenvalue weighted by molar-refractivity contribution is 0.0702. The number of sulfonamides is 1. The van der Waals surface area contributed by atoms with Gasteiger partial charge in [-0.15, -0.1) is 11.3 Å². The van der Waals surface area contributed by atoms with E-state index in [1.54, 1.807) is 6.92 Å². The standard InChI is InChI=1S/C11H16N2O4S2/c1-7-10(6-9(18-7)11(14)15)19(16,17)13-8-2-4-12-5-3-8/h6,8,12-13H,2-5H2,1H3,(H,14,15). The van der Waals surface area contributed by atoms with Gasteiger partial charge < -0.3 is 10.4 Å². The van der Waals surface area contributed by atoms with Crippen LogP contribution in [0.15, 0.2) is 11.0 Å². The highest BCUT2D eigenvalue weighted by molar-refractivity contribution is 7.89. The van der Waals surface area contributed by atoms with Gasteiger partial charge in [-0.3, -0.25) is 0 Å². The Labute approximate surface area is 115 Å². The molecular formula is C11H16N2O4S2. The number of carboxylic acid groups (broad SMARTS) is 1. The topological polar surface area (TPSA) is 95.5 Å². The van der Waals surface area contributed by atoms with Gasteiger partial charge in [0.1, 0.15) is 4.88 Å². The van der Waals surface area contributed by atoms with Gasteiger partial charge in [0, 0.05) is 10.9 Å². The quantitative estimate of drug-likeness (QED) is 0.764. The summed E-state index contributed by atoms with van der Waals surface area (Å²) in [6, 6.07) is 1.14. The maximum absolute atomic E-state index is 12.2. The predicted molar refractivity (Wildman–Crippen MR) is 72.2 cm³/mol. The van der Waals surface area contributed by atoms with Crippen LogP contribution in [-0.2, 0) is 10.0 Å². The van der Waals surface area contributed by atoms with Crippen molar-refractivity contribution in [2.24, 2.45) is 0 Å². The summed E-state index contributed by atoms with van der Waals surface area (Å²) in [7, 11) is -3.63. The van der Waals surface area contributed by atoms with Crippen molar-refractivity contribution < 1.29 is 18.3 Å². The first-order chi connectivity index (χ1) is 8.90. The van der Waals surface area contributed by atoms with Gasteiger partial charge in [-0.1, -0.05) is 0 Å². The van der Waals surface area contributed by atoms with Gasteiger partial charge in [0.2, 0.25) is 10.0 Å². The zero-order valence-electron chi connectivity index (χ0n) is 10.5. The van der Waals surface area contributed by atoms with Crippen LogP contribution in [0, 0.1) is 6.92 Å². The molecular weight excluding hydrogens is 288 g/mol. The largest absolute Gasteiger partial charge is 0.477 e. The van der Waals surface area contributed by atoms with Crippen LogP contribution in [0.25, 0.3) is 0 Å². The summed E-state index contributed by atoms with van der Waals surface area (Å²) < 4.78 is 27.1. The second kappa shape index (κ2) is 5.58. The number of hydrogen-bond acceptors (Lipinski definition) is 5. The van der Waals surface area contributed by atoms with E-state index < -0.39 is 16.0 Å². The number of rotatable bonds is 4. The molecule has 0 aromatic carbocycles. The Bertz CT molecular complexity index is 574. The molecule has 0 bridgehead atoms. The molecule has 2 heterocycles. The number of hydrogen-bond donors (Lipinski definition) is 3. The van der Waals surface area contributed by atoms with Gasteiger partial charge in [-0.05, 0) is 38.9 Å². The Hall–Kier alpha value is -0.960. The molecule has 1 aliphatic heterocycles. The molecule has 1 saturated heterocycles. The van der Waals surface area contributed by atoms with Gasteiger partial charge in [-0.25, -0.2) is 17.9 Å². The molecule has 3 N–H and O–H groups in total. The van der Waals surface area contributed by atoms with Crippen molar-refractivity contribution in [1.29, 1.82) is 0 Å². The van der Waals surface area contributed by atoms with E-state index in [1.165, 1.54) is 6.07 Å². The van der Waals surface area contributed by atoms with Gasteiger partial charge in [-0.2, -0.15) is 0 Å².